The van der Waals surface area contributed by atoms with E-state index in [1.807, 2.05) is 0 Å². The highest BCUT2D eigenvalue weighted by Crippen LogP contribution is 2.70. The topological polar surface area (TPSA) is 3.24 Å². The Morgan fingerprint density at radius 3 is 1.79 bits per heavy atom. The van der Waals surface area contributed by atoms with Crippen LogP contribution < -0.4 is 4.90 Å². The zero-order chi connectivity index (χ0) is 39.3. The molecule has 290 valence electrons. The van der Waals surface area contributed by atoms with Gasteiger partial charge in [0.2, 0.25) is 0 Å². The molecule has 0 N–H and O–H groups in total. The van der Waals surface area contributed by atoms with Gasteiger partial charge in [0.25, 0.3) is 0 Å². The highest BCUT2D eigenvalue weighted by Gasteiger charge is 2.62. The molecule has 4 saturated carbocycles. The Morgan fingerprint density at radius 1 is 0.431 bits per heavy atom. The molecular weight excluding hydrogens is 699 g/mol. The van der Waals surface area contributed by atoms with Crippen molar-refractivity contribution in [1.82, 2.24) is 0 Å². The van der Waals surface area contributed by atoms with Gasteiger partial charge in [-0.05, 0) is 171 Å². The van der Waals surface area contributed by atoms with Crippen LogP contribution in [0.1, 0.15) is 120 Å². The molecule has 1 spiro atoms. The summed E-state index contributed by atoms with van der Waals surface area (Å²) in [6, 6.07) is 50.3. The van der Waals surface area contributed by atoms with Crippen molar-refractivity contribution < 1.29 is 0 Å². The molecule has 0 saturated heterocycles. The fraction of sp³-hybridized carbons (Fsp3) is 0.368. The van der Waals surface area contributed by atoms with Crippen LogP contribution in [0.15, 0.2) is 127 Å². The lowest BCUT2D eigenvalue weighted by molar-refractivity contribution is -0.0399. The van der Waals surface area contributed by atoms with Gasteiger partial charge in [-0.1, -0.05) is 139 Å². The summed E-state index contributed by atoms with van der Waals surface area (Å²) in [6.07, 6.45) is 9.50. The highest BCUT2D eigenvalue weighted by atomic mass is 15.1. The highest BCUT2D eigenvalue weighted by molar-refractivity contribution is 5.96. The molecule has 6 aromatic rings. The van der Waals surface area contributed by atoms with E-state index in [9.17, 15) is 0 Å². The number of nitrogens with zero attached hydrogens (tertiary/aromatic N) is 1. The van der Waals surface area contributed by atoms with E-state index in [0.29, 0.717) is 0 Å². The van der Waals surface area contributed by atoms with E-state index in [-0.39, 0.29) is 21.7 Å². The summed E-state index contributed by atoms with van der Waals surface area (Å²) in [5.41, 5.74) is 21.5. The molecule has 0 amide bonds. The SMILES string of the molecule is CC1(C)CCC(C)(C)c2cc(-c3cccc(N(c4ccc5c(c4)C(C)(C)c4ccccc4-5)c4cccc5c4-c4ccccc4C54C5CC6CC(C5)CC4C6)c3)ccc21. The van der Waals surface area contributed by atoms with Gasteiger partial charge >= 0.3 is 0 Å². The van der Waals surface area contributed by atoms with Crippen LogP contribution >= 0.6 is 0 Å². The minimum Gasteiger partial charge on any atom is -0.310 e. The smallest absolute Gasteiger partial charge is 0.0543 e. The fourth-order valence-corrected chi connectivity index (χ4v) is 14.2. The Bertz CT molecular complexity index is 2660. The van der Waals surface area contributed by atoms with Crippen LogP contribution in [0.5, 0.6) is 0 Å². The van der Waals surface area contributed by atoms with Gasteiger partial charge in [0.15, 0.2) is 0 Å². The van der Waals surface area contributed by atoms with E-state index in [0.717, 1.165) is 23.7 Å². The standard InChI is InChI=1S/C57H57N/c1-54(2)25-26-55(3,4)51-33-38(21-24-48(51)54)37-13-11-14-41(32-37)58(42-22-23-44-43-15-7-9-17-46(43)56(5,6)50(44)34-42)52-20-12-19-49-53(52)45-16-8-10-18-47(45)57(49)39-28-35-27-36(30-39)31-40(57)29-35/h7-24,32-36,39-40H,25-31H2,1-6H3. The molecule has 0 aromatic heterocycles. The Labute approximate surface area is 346 Å². The van der Waals surface area contributed by atoms with Crippen LogP contribution in [0.4, 0.5) is 17.1 Å². The van der Waals surface area contributed by atoms with Crippen LogP contribution in [0.2, 0.25) is 0 Å². The minimum atomic E-state index is -0.0884. The third-order valence-electron chi connectivity index (χ3n) is 16.9. The third-order valence-corrected chi connectivity index (χ3v) is 16.9. The molecule has 0 heterocycles. The third kappa shape index (κ3) is 4.65. The second kappa shape index (κ2) is 11.9. The maximum atomic E-state index is 2.64. The monoisotopic (exact) mass is 755 g/mol. The first-order valence-corrected chi connectivity index (χ1v) is 22.5. The molecule has 4 fully saturated rings. The number of fused-ring (bicyclic) bond motifs is 7. The average molecular weight is 756 g/mol. The van der Waals surface area contributed by atoms with Gasteiger partial charge in [0, 0.05) is 27.8 Å². The van der Waals surface area contributed by atoms with E-state index < -0.39 is 0 Å². The zero-order valence-electron chi connectivity index (χ0n) is 35.3. The predicted molar refractivity (Wildman–Crippen MR) is 243 cm³/mol. The Balaban J connectivity index is 1.08. The minimum absolute atomic E-state index is 0.0884. The van der Waals surface area contributed by atoms with E-state index in [2.05, 4.69) is 174 Å². The van der Waals surface area contributed by atoms with Gasteiger partial charge in [-0.25, -0.2) is 0 Å². The van der Waals surface area contributed by atoms with Crippen molar-refractivity contribution in [3.63, 3.8) is 0 Å². The van der Waals surface area contributed by atoms with E-state index >= 15 is 0 Å². The van der Waals surface area contributed by atoms with Gasteiger partial charge in [-0.2, -0.15) is 0 Å². The Morgan fingerprint density at radius 2 is 1.03 bits per heavy atom. The Hall–Kier alpha value is -4.88. The Kier molecular flexibility index (Phi) is 7.18. The van der Waals surface area contributed by atoms with Crippen molar-refractivity contribution in [3.05, 3.63) is 161 Å². The fourth-order valence-electron chi connectivity index (χ4n) is 14.2. The summed E-state index contributed by atoms with van der Waals surface area (Å²) in [5.74, 6) is 3.31. The molecule has 0 aliphatic heterocycles. The van der Waals surface area contributed by atoms with Gasteiger partial charge in [-0.15, -0.1) is 0 Å². The molecule has 13 rings (SSSR count). The van der Waals surface area contributed by atoms with E-state index in [1.165, 1.54) is 118 Å². The quantitative estimate of drug-likeness (QED) is 0.173. The lowest BCUT2D eigenvalue weighted by atomic mass is 9.43. The van der Waals surface area contributed by atoms with Crippen molar-refractivity contribution in [1.29, 1.82) is 0 Å². The molecule has 0 atom stereocenters. The van der Waals surface area contributed by atoms with Crippen LogP contribution in [0, 0.1) is 23.7 Å². The summed E-state index contributed by atoms with van der Waals surface area (Å²) in [7, 11) is 0. The number of rotatable bonds is 4. The van der Waals surface area contributed by atoms with Crippen molar-refractivity contribution in [2.24, 2.45) is 23.7 Å². The zero-order valence-corrected chi connectivity index (χ0v) is 35.3. The summed E-state index contributed by atoms with van der Waals surface area (Å²) >= 11 is 0. The van der Waals surface area contributed by atoms with Crippen LogP contribution in [0.25, 0.3) is 33.4 Å². The molecule has 7 aliphatic rings. The van der Waals surface area contributed by atoms with Crippen molar-refractivity contribution in [2.45, 2.75) is 108 Å². The predicted octanol–water partition coefficient (Wildman–Crippen LogP) is 15.2. The summed E-state index contributed by atoms with van der Waals surface area (Å²) < 4.78 is 0. The first-order valence-electron chi connectivity index (χ1n) is 22.5. The van der Waals surface area contributed by atoms with Gasteiger partial charge < -0.3 is 4.90 Å². The average Bonchev–Trinajstić information content (AvgIpc) is 3.65. The van der Waals surface area contributed by atoms with Gasteiger partial charge in [0.05, 0.1) is 5.69 Å². The second-order valence-corrected chi connectivity index (χ2v) is 21.2. The molecule has 0 radical (unpaired) electrons. The molecule has 4 bridgehead atoms. The number of hydrogen-bond donors (Lipinski definition) is 0. The van der Waals surface area contributed by atoms with Crippen molar-refractivity contribution in [3.8, 4) is 33.4 Å². The molecule has 0 unspecified atom stereocenters. The molecule has 6 aromatic carbocycles. The molecular formula is C57H57N. The largest absolute Gasteiger partial charge is 0.310 e. The first-order chi connectivity index (χ1) is 27.9. The van der Waals surface area contributed by atoms with Gasteiger partial charge in [-0.3, -0.25) is 0 Å². The maximum absolute atomic E-state index is 2.64. The summed E-state index contributed by atoms with van der Waals surface area (Å²) in [5, 5.41) is 0. The summed E-state index contributed by atoms with van der Waals surface area (Å²) in [4.78, 5) is 2.64. The lowest BCUT2D eigenvalue weighted by Crippen LogP contribution is -2.55. The molecule has 58 heavy (non-hydrogen) atoms. The number of hydrogen-bond acceptors (Lipinski definition) is 1. The first kappa shape index (κ1) is 35.1. The lowest BCUT2D eigenvalue weighted by Gasteiger charge is -2.61. The molecule has 1 heteroatoms. The second-order valence-electron chi connectivity index (χ2n) is 21.2. The van der Waals surface area contributed by atoms with Crippen LogP contribution in [-0.2, 0) is 21.7 Å². The van der Waals surface area contributed by atoms with Crippen molar-refractivity contribution in [2.75, 3.05) is 4.90 Å². The van der Waals surface area contributed by atoms with Crippen LogP contribution in [0.3, 0.4) is 0 Å². The van der Waals surface area contributed by atoms with Gasteiger partial charge in [0.1, 0.15) is 0 Å². The number of benzene rings is 6. The molecule has 1 nitrogen and oxygen atoms in total. The van der Waals surface area contributed by atoms with Crippen LogP contribution in [-0.4, -0.2) is 0 Å². The number of anilines is 3. The summed E-state index contributed by atoms with van der Waals surface area (Å²) in [6.45, 7) is 14.6. The maximum Gasteiger partial charge on any atom is 0.0543 e. The molecule has 7 aliphatic carbocycles. The van der Waals surface area contributed by atoms with Crippen molar-refractivity contribution >= 4 is 17.1 Å². The normalized spacial score (nSPS) is 26.8. The van der Waals surface area contributed by atoms with E-state index in [4.69, 9.17) is 0 Å². The van der Waals surface area contributed by atoms with E-state index in [1.54, 1.807) is 11.1 Å².